The summed E-state index contributed by atoms with van der Waals surface area (Å²) in [5.41, 5.74) is 1.70. The van der Waals surface area contributed by atoms with Crippen LogP contribution in [0.4, 0.5) is 0 Å². The van der Waals surface area contributed by atoms with Crippen LogP contribution < -0.4 is 5.32 Å². The van der Waals surface area contributed by atoms with Gasteiger partial charge >= 0.3 is 0 Å². The highest BCUT2D eigenvalue weighted by Crippen LogP contribution is 2.16. The molecule has 0 aromatic carbocycles. The lowest BCUT2D eigenvalue weighted by atomic mass is 9.98. The van der Waals surface area contributed by atoms with Crippen LogP contribution in [0.25, 0.3) is 0 Å². The Morgan fingerprint density at radius 2 is 1.71 bits per heavy atom. The molecule has 0 spiro atoms. The van der Waals surface area contributed by atoms with Crippen molar-refractivity contribution in [1.29, 1.82) is 0 Å². The van der Waals surface area contributed by atoms with Crippen molar-refractivity contribution in [2.75, 3.05) is 7.05 Å². The summed E-state index contributed by atoms with van der Waals surface area (Å²) in [6.07, 6.45) is 10.0. The molecule has 0 fully saturated rings. The summed E-state index contributed by atoms with van der Waals surface area (Å²) in [7, 11) is 1.95. The first-order chi connectivity index (χ1) is 9.71. The van der Waals surface area contributed by atoms with Gasteiger partial charge < -0.3 is 10.1 Å². The average molecular weight is 287 g/mol. The molecule has 2 nitrogen and oxygen atoms in total. The normalized spacial score (nSPS) is 13.3. The number of hydrogen-bond acceptors (Lipinski definition) is 2. The Hall–Kier alpha value is -1.80. The zero-order valence-corrected chi connectivity index (χ0v) is 13.9. The van der Waals surface area contributed by atoms with Crippen molar-refractivity contribution in [3.63, 3.8) is 0 Å². The van der Waals surface area contributed by atoms with Gasteiger partial charge in [-0.1, -0.05) is 50.6 Å². The number of hydrogen-bond donors (Lipinski definition) is 1. The van der Waals surface area contributed by atoms with E-state index in [2.05, 4.69) is 45.5 Å². The molecular formula is C19H29NO. The molecule has 0 amide bonds. The second kappa shape index (κ2) is 9.19. The van der Waals surface area contributed by atoms with Crippen molar-refractivity contribution in [3.05, 3.63) is 73.6 Å². The first kappa shape index (κ1) is 19.2. The van der Waals surface area contributed by atoms with Gasteiger partial charge in [0.15, 0.2) is 0 Å². The molecule has 0 heterocycles. The monoisotopic (exact) mass is 287 g/mol. The maximum atomic E-state index is 5.77. The molecule has 0 aromatic heterocycles. The van der Waals surface area contributed by atoms with E-state index in [1.165, 1.54) is 0 Å². The highest BCUT2D eigenvalue weighted by molar-refractivity contribution is 5.44. The first-order valence-electron chi connectivity index (χ1n) is 7.11. The van der Waals surface area contributed by atoms with Gasteiger partial charge in [0.05, 0.1) is 6.10 Å². The minimum absolute atomic E-state index is 0.0385. The van der Waals surface area contributed by atoms with Crippen molar-refractivity contribution < 1.29 is 4.74 Å². The topological polar surface area (TPSA) is 21.3 Å². The van der Waals surface area contributed by atoms with Crippen molar-refractivity contribution in [1.82, 2.24) is 5.32 Å². The van der Waals surface area contributed by atoms with Gasteiger partial charge in [0.2, 0.25) is 0 Å². The Balaban J connectivity index is 4.40. The SMILES string of the molecule is C=C/C=C\C(=C)C(=C)/C=C\C(=C)OC(C)CC(C)(C)NC. The van der Waals surface area contributed by atoms with E-state index in [0.717, 1.165) is 17.6 Å². The van der Waals surface area contributed by atoms with Gasteiger partial charge in [-0.05, 0) is 45.0 Å². The predicted octanol–water partition coefficient (Wildman–Crippen LogP) is 4.70. The van der Waals surface area contributed by atoms with Crippen LogP contribution in [-0.4, -0.2) is 18.7 Å². The van der Waals surface area contributed by atoms with E-state index in [1.807, 2.05) is 38.3 Å². The summed E-state index contributed by atoms with van der Waals surface area (Å²) < 4.78 is 5.77. The number of nitrogens with one attached hydrogen (secondary N) is 1. The van der Waals surface area contributed by atoms with E-state index >= 15 is 0 Å². The third kappa shape index (κ3) is 8.87. The highest BCUT2D eigenvalue weighted by atomic mass is 16.5. The maximum absolute atomic E-state index is 5.77. The van der Waals surface area contributed by atoms with E-state index in [0.29, 0.717) is 5.76 Å². The van der Waals surface area contributed by atoms with Gasteiger partial charge in [-0.2, -0.15) is 0 Å². The minimum atomic E-state index is 0.0385. The lowest BCUT2D eigenvalue weighted by Crippen LogP contribution is -2.39. The van der Waals surface area contributed by atoms with E-state index in [1.54, 1.807) is 6.08 Å². The molecule has 0 aliphatic carbocycles. The summed E-state index contributed by atoms with van der Waals surface area (Å²) in [4.78, 5) is 0. The molecule has 1 N–H and O–H groups in total. The van der Waals surface area contributed by atoms with Gasteiger partial charge in [-0.25, -0.2) is 0 Å². The summed E-state index contributed by atoms with van der Waals surface area (Å²) in [6, 6.07) is 0. The summed E-state index contributed by atoms with van der Waals surface area (Å²) in [5, 5.41) is 3.26. The molecule has 0 saturated carbocycles. The van der Waals surface area contributed by atoms with Crippen LogP contribution in [0.15, 0.2) is 73.6 Å². The summed E-state index contributed by atoms with van der Waals surface area (Å²) >= 11 is 0. The van der Waals surface area contributed by atoms with Gasteiger partial charge in [-0.3, -0.25) is 0 Å². The highest BCUT2D eigenvalue weighted by Gasteiger charge is 2.19. The van der Waals surface area contributed by atoms with Crippen LogP contribution in [-0.2, 0) is 4.74 Å². The predicted molar refractivity (Wildman–Crippen MR) is 94.2 cm³/mol. The Morgan fingerprint density at radius 1 is 1.14 bits per heavy atom. The number of ether oxygens (including phenoxy) is 1. The van der Waals surface area contributed by atoms with Crippen molar-refractivity contribution in [2.45, 2.75) is 38.8 Å². The molecular weight excluding hydrogens is 258 g/mol. The van der Waals surface area contributed by atoms with Crippen LogP contribution in [0.2, 0.25) is 0 Å². The Morgan fingerprint density at radius 3 is 2.24 bits per heavy atom. The third-order valence-electron chi connectivity index (χ3n) is 3.14. The zero-order chi connectivity index (χ0) is 16.5. The number of rotatable bonds is 10. The molecule has 0 bridgehead atoms. The average Bonchev–Trinajstić information content (AvgIpc) is 2.41. The Bertz CT molecular complexity index is 452. The maximum Gasteiger partial charge on any atom is 0.112 e. The van der Waals surface area contributed by atoms with Crippen LogP contribution in [0.3, 0.4) is 0 Å². The van der Waals surface area contributed by atoms with Crippen molar-refractivity contribution in [2.24, 2.45) is 0 Å². The van der Waals surface area contributed by atoms with Crippen LogP contribution in [0.5, 0.6) is 0 Å². The minimum Gasteiger partial charge on any atom is -0.491 e. The van der Waals surface area contributed by atoms with E-state index in [4.69, 9.17) is 4.74 Å². The molecule has 1 unspecified atom stereocenters. The zero-order valence-electron chi connectivity index (χ0n) is 13.9. The van der Waals surface area contributed by atoms with Gasteiger partial charge in [-0.15, -0.1) is 0 Å². The molecule has 0 aliphatic rings. The van der Waals surface area contributed by atoms with Crippen LogP contribution >= 0.6 is 0 Å². The lowest BCUT2D eigenvalue weighted by molar-refractivity contribution is 0.108. The quantitative estimate of drug-likeness (QED) is 0.464. The van der Waals surface area contributed by atoms with E-state index in [9.17, 15) is 0 Å². The second-order valence-electron chi connectivity index (χ2n) is 5.71. The molecule has 21 heavy (non-hydrogen) atoms. The second-order valence-corrected chi connectivity index (χ2v) is 5.71. The van der Waals surface area contributed by atoms with E-state index < -0.39 is 0 Å². The van der Waals surface area contributed by atoms with Crippen molar-refractivity contribution in [3.8, 4) is 0 Å². The first-order valence-corrected chi connectivity index (χ1v) is 7.11. The Kier molecular flexibility index (Phi) is 8.41. The fraction of sp³-hybridized carbons (Fsp3) is 0.368. The van der Waals surface area contributed by atoms with Crippen LogP contribution in [0.1, 0.15) is 27.2 Å². The molecule has 0 aliphatic heterocycles. The molecule has 0 saturated heterocycles. The molecule has 0 aromatic rings. The molecule has 0 radical (unpaired) electrons. The fourth-order valence-electron chi connectivity index (χ4n) is 1.75. The van der Waals surface area contributed by atoms with E-state index in [-0.39, 0.29) is 11.6 Å². The van der Waals surface area contributed by atoms with Crippen molar-refractivity contribution >= 4 is 0 Å². The standard InChI is InChI=1S/C19H29NO/c1-9-10-11-15(2)16(3)12-13-17(4)21-18(5)14-19(6,7)20-8/h9-13,18,20H,1-4,14H2,5-8H3/b11-10-,13-12-. The van der Waals surface area contributed by atoms with Gasteiger partial charge in [0.1, 0.15) is 5.76 Å². The number of allylic oxidation sites excluding steroid dienone is 7. The summed E-state index contributed by atoms with van der Waals surface area (Å²) in [6.45, 7) is 21.7. The van der Waals surface area contributed by atoms with Gasteiger partial charge in [0.25, 0.3) is 0 Å². The summed E-state index contributed by atoms with van der Waals surface area (Å²) in [5.74, 6) is 0.621. The molecule has 2 heteroatoms. The largest absolute Gasteiger partial charge is 0.491 e. The lowest BCUT2D eigenvalue weighted by Gasteiger charge is -2.28. The fourth-order valence-corrected chi connectivity index (χ4v) is 1.75. The molecule has 1 atom stereocenters. The third-order valence-corrected chi connectivity index (χ3v) is 3.14. The van der Waals surface area contributed by atoms with Crippen LogP contribution in [0, 0.1) is 0 Å². The smallest absolute Gasteiger partial charge is 0.112 e. The molecule has 116 valence electrons. The van der Waals surface area contributed by atoms with Gasteiger partial charge in [0, 0.05) is 12.0 Å². The Labute approximate surface area is 130 Å². The molecule has 0 rings (SSSR count).